The highest BCUT2D eigenvalue weighted by Crippen LogP contribution is 2.19. The average Bonchev–Trinajstić information content (AvgIpc) is 2.71. The van der Waals surface area contributed by atoms with Gasteiger partial charge in [-0.3, -0.25) is 9.52 Å². The Kier molecular flexibility index (Phi) is 3.19. The van der Waals surface area contributed by atoms with Crippen LogP contribution in [0, 0.1) is 0 Å². The van der Waals surface area contributed by atoms with E-state index in [1.807, 2.05) is 0 Å². The maximum atomic E-state index is 11.7. The molecule has 2 rings (SSSR count). The van der Waals surface area contributed by atoms with Crippen LogP contribution in [0.15, 0.2) is 18.2 Å². The lowest BCUT2D eigenvalue weighted by atomic mass is 10.3. The van der Waals surface area contributed by atoms with E-state index >= 15 is 0 Å². The van der Waals surface area contributed by atoms with Gasteiger partial charge >= 0.3 is 0 Å². The van der Waals surface area contributed by atoms with Crippen molar-refractivity contribution in [1.29, 1.82) is 0 Å². The molecule has 0 saturated carbocycles. The van der Waals surface area contributed by atoms with Crippen LogP contribution in [0.3, 0.4) is 0 Å². The average molecular weight is 282 g/mol. The normalized spacial score (nSPS) is 11.9. The van der Waals surface area contributed by atoms with E-state index < -0.39 is 21.2 Å². The summed E-state index contributed by atoms with van der Waals surface area (Å²) in [5, 5.41) is -0.536. The van der Waals surface area contributed by atoms with Crippen molar-refractivity contribution in [2.24, 2.45) is 5.73 Å². The summed E-state index contributed by atoms with van der Waals surface area (Å²) in [6, 6.07) is 4.75. The number of fused-ring (bicyclic) bond motifs is 1. The van der Waals surface area contributed by atoms with Crippen LogP contribution in [-0.2, 0) is 10.0 Å². The van der Waals surface area contributed by atoms with Crippen LogP contribution in [0.2, 0.25) is 0 Å². The van der Waals surface area contributed by atoms with Crippen LogP contribution in [0.25, 0.3) is 11.0 Å². The second-order valence-corrected chi connectivity index (χ2v) is 6.61. The monoisotopic (exact) mass is 282 g/mol. The van der Waals surface area contributed by atoms with Gasteiger partial charge in [0.1, 0.15) is 0 Å². The third kappa shape index (κ3) is 2.68. The zero-order chi connectivity index (χ0) is 14.2. The minimum absolute atomic E-state index is 0.0406. The number of nitrogens with two attached hydrogens (primary N) is 1. The lowest BCUT2D eigenvalue weighted by Crippen LogP contribution is -2.22. The highest BCUT2D eigenvalue weighted by Gasteiger charge is 2.16. The largest absolute Gasteiger partial charge is 0.363 e. The number of hydrogen-bond donors (Lipinski definition) is 3. The number of nitrogens with zero attached hydrogens (tertiary/aromatic N) is 1. The number of sulfonamides is 1. The fraction of sp³-hybridized carbons (Fsp3) is 0.273. The van der Waals surface area contributed by atoms with Crippen molar-refractivity contribution < 1.29 is 13.2 Å². The number of hydrogen-bond acceptors (Lipinski definition) is 4. The van der Waals surface area contributed by atoms with Crippen molar-refractivity contribution >= 4 is 32.7 Å². The Morgan fingerprint density at radius 3 is 2.68 bits per heavy atom. The van der Waals surface area contributed by atoms with E-state index in [0.29, 0.717) is 16.7 Å². The molecule has 1 heterocycles. The van der Waals surface area contributed by atoms with E-state index in [0.717, 1.165) is 0 Å². The predicted molar refractivity (Wildman–Crippen MR) is 72.3 cm³/mol. The first-order chi connectivity index (χ1) is 8.79. The molecule has 0 saturated heterocycles. The summed E-state index contributed by atoms with van der Waals surface area (Å²) >= 11 is 0. The zero-order valence-corrected chi connectivity index (χ0v) is 11.3. The van der Waals surface area contributed by atoms with Crippen molar-refractivity contribution in [3.63, 3.8) is 0 Å². The molecule has 0 unspecified atom stereocenters. The molecule has 2 aromatic rings. The predicted octanol–water partition coefficient (Wildman–Crippen LogP) is 0.812. The Morgan fingerprint density at radius 1 is 1.42 bits per heavy atom. The summed E-state index contributed by atoms with van der Waals surface area (Å²) in [5.74, 6) is -0.626. The number of imidazole rings is 1. The number of aromatic amines is 1. The topological polar surface area (TPSA) is 118 Å². The van der Waals surface area contributed by atoms with Gasteiger partial charge in [-0.15, -0.1) is 0 Å². The number of anilines is 1. The van der Waals surface area contributed by atoms with Crippen LogP contribution < -0.4 is 10.5 Å². The summed E-state index contributed by atoms with van der Waals surface area (Å²) in [5.41, 5.74) is 6.60. The first kappa shape index (κ1) is 13.3. The number of benzene rings is 1. The van der Waals surface area contributed by atoms with Gasteiger partial charge in [-0.25, -0.2) is 13.4 Å². The van der Waals surface area contributed by atoms with Crippen LogP contribution in [0.4, 0.5) is 5.69 Å². The maximum absolute atomic E-state index is 11.7. The van der Waals surface area contributed by atoms with E-state index in [1.54, 1.807) is 32.0 Å². The summed E-state index contributed by atoms with van der Waals surface area (Å²) in [7, 11) is -3.41. The molecule has 0 atom stereocenters. The van der Waals surface area contributed by atoms with Crippen LogP contribution >= 0.6 is 0 Å². The molecule has 4 N–H and O–H groups in total. The fourth-order valence-electron chi connectivity index (χ4n) is 1.47. The third-order valence-electron chi connectivity index (χ3n) is 2.60. The number of amides is 1. The third-order valence-corrected chi connectivity index (χ3v) is 4.36. The van der Waals surface area contributed by atoms with E-state index in [4.69, 9.17) is 5.73 Å². The standard InChI is InChI=1S/C11H14N4O3S/c1-6(2)19(17,18)15-7-3-4-8-9(5-7)14-11(13-8)10(12)16/h3-6,15H,1-2H3,(H2,12,16)(H,13,14). The smallest absolute Gasteiger partial charge is 0.284 e. The molecule has 102 valence electrons. The van der Waals surface area contributed by atoms with Crippen molar-refractivity contribution in [2.75, 3.05) is 4.72 Å². The number of H-pyrrole nitrogens is 1. The molecule has 0 aliphatic carbocycles. The van der Waals surface area contributed by atoms with Crippen molar-refractivity contribution in [3.05, 3.63) is 24.0 Å². The Hall–Kier alpha value is -2.09. The number of nitrogens with one attached hydrogen (secondary N) is 2. The van der Waals surface area contributed by atoms with Crippen LogP contribution in [0.1, 0.15) is 24.5 Å². The van der Waals surface area contributed by atoms with Crippen molar-refractivity contribution in [1.82, 2.24) is 9.97 Å². The first-order valence-electron chi connectivity index (χ1n) is 5.61. The highest BCUT2D eigenvalue weighted by molar-refractivity contribution is 7.93. The minimum Gasteiger partial charge on any atom is -0.363 e. The second kappa shape index (κ2) is 4.54. The second-order valence-electron chi connectivity index (χ2n) is 4.38. The molecule has 0 aliphatic heterocycles. The fourth-order valence-corrected chi connectivity index (χ4v) is 2.16. The van der Waals surface area contributed by atoms with Gasteiger partial charge in [0, 0.05) is 0 Å². The molecular weight excluding hydrogens is 268 g/mol. The molecule has 19 heavy (non-hydrogen) atoms. The number of aromatic nitrogens is 2. The van der Waals surface area contributed by atoms with E-state index in [2.05, 4.69) is 14.7 Å². The van der Waals surface area contributed by atoms with Gasteiger partial charge in [0.2, 0.25) is 10.0 Å². The summed E-state index contributed by atoms with van der Waals surface area (Å²) in [6.45, 7) is 3.17. The molecule has 0 aliphatic rings. The molecule has 1 aromatic heterocycles. The number of carbonyl (C=O) groups excluding carboxylic acids is 1. The molecule has 0 radical (unpaired) electrons. The Labute approximate surface area is 110 Å². The van der Waals surface area contributed by atoms with Crippen LogP contribution in [-0.4, -0.2) is 29.5 Å². The van der Waals surface area contributed by atoms with Crippen molar-refractivity contribution in [2.45, 2.75) is 19.1 Å². The molecule has 8 heteroatoms. The molecule has 1 aromatic carbocycles. The van der Waals surface area contributed by atoms with Gasteiger partial charge in [-0.1, -0.05) is 0 Å². The van der Waals surface area contributed by atoms with E-state index in [-0.39, 0.29) is 5.82 Å². The molecule has 7 nitrogen and oxygen atoms in total. The maximum Gasteiger partial charge on any atom is 0.284 e. The summed E-state index contributed by atoms with van der Waals surface area (Å²) in [6.07, 6.45) is 0. The quantitative estimate of drug-likeness (QED) is 0.769. The molecule has 0 bridgehead atoms. The number of carbonyl (C=O) groups is 1. The molecule has 0 fully saturated rings. The van der Waals surface area contributed by atoms with Gasteiger partial charge in [-0.2, -0.15) is 0 Å². The summed E-state index contributed by atoms with van der Waals surface area (Å²) in [4.78, 5) is 17.7. The summed E-state index contributed by atoms with van der Waals surface area (Å²) < 4.78 is 25.9. The van der Waals surface area contributed by atoms with Gasteiger partial charge < -0.3 is 10.7 Å². The lowest BCUT2D eigenvalue weighted by molar-refractivity contribution is 0.0991. The number of primary amides is 1. The van der Waals surface area contributed by atoms with Crippen molar-refractivity contribution in [3.8, 4) is 0 Å². The molecule has 1 amide bonds. The SMILES string of the molecule is CC(C)S(=O)(=O)Nc1ccc2nc(C(N)=O)[nH]c2c1. The lowest BCUT2D eigenvalue weighted by Gasteiger charge is -2.10. The Bertz CT molecular complexity index is 733. The minimum atomic E-state index is -3.41. The van der Waals surface area contributed by atoms with Gasteiger partial charge in [0.25, 0.3) is 5.91 Å². The zero-order valence-electron chi connectivity index (χ0n) is 10.5. The Morgan fingerprint density at radius 2 is 2.11 bits per heavy atom. The number of rotatable bonds is 4. The first-order valence-corrected chi connectivity index (χ1v) is 7.15. The van der Waals surface area contributed by atoms with Crippen LogP contribution in [0.5, 0.6) is 0 Å². The van der Waals surface area contributed by atoms with Gasteiger partial charge in [0.05, 0.1) is 22.0 Å². The molecule has 0 spiro atoms. The Balaban J connectivity index is 2.39. The highest BCUT2D eigenvalue weighted by atomic mass is 32.2. The molecular formula is C11H14N4O3S. The van der Waals surface area contributed by atoms with E-state index in [1.165, 1.54) is 0 Å². The van der Waals surface area contributed by atoms with Gasteiger partial charge in [0.15, 0.2) is 5.82 Å². The van der Waals surface area contributed by atoms with E-state index in [9.17, 15) is 13.2 Å². The van der Waals surface area contributed by atoms with Gasteiger partial charge in [-0.05, 0) is 32.0 Å².